The monoisotopic (exact) mass is 355 g/mol. The highest BCUT2D eigenvalue weighted by molar-refractivity contribution is 7.20. The van der Waals surface area contributed by atoms with Crippen LogP contribution in [-0.4, -0.2) is 24.4 Å². The molecule has 2 heterocycles. The summed E-state index contributed by atoms with van der Waals surface area (Å²) in [7, 11) is 0. The first-order valence-corrected chi connectivity index (χ1v) is 8.74. The fourth-order valence-electron chi connectivity index (χ4n) is 2.77. The largest absolute Gasteiger partial charge is 0.454 e. The second kappa shape index (κ2) is 6.06. The van der Waals surface area contributed by atoms with Crippen molar-refractivity contribution in [1.29, 1.82) is 0 Å². The van der Waals surface area contributed by atoms with Crippen LogP contribution in [0.4, 0.5) is 0 Å². The second-order valence-corrected chi connectivity index (χ2v) is 7.26. The summed E-state index contributed by atoms with van der Waals surface area (Å²) in [5, 5.41) is 14.6. The van der Waals surface area contributed by atoms with E-state index < -0.39 is 5.60 Å². The molecular formula is C19H17NO4S. The molecule has 1 aliphatic rings. The molecule has 1 aliphatic heterocycles. The maximum Gasteiger partial charge on any atom is 0.261 e. The maximum absolute atomic E-state index is 12.4. The van der Waals surface area contributed by atoms with Crippen LogP contribution in [0.3, 0.4) is 0 Å². The number of nitrogens with one attached hydrogen (secondary N) is 1. The van der Waals surface area contributed by atoms with Crippen LogP contribution in [-0.2, 0) is 5.60 Å². The van der Waals surface area contributed by atoms with E-state index in [1.165, 1.54) is 11.3 Å². The summed E-state index contributed by atoms with van der Waals surface area (Å²) in [5.41, 5.74) is -0.554. The summed E-state index contributed by atoms with van der Waals surface area (Å²) in [6, 6.07) is 15.0. The Bertz CT molecular complexity index is 915. The van der Waals surface area contributed by atoms with E-state index in [0.717, 1.165) is 10.1 Å². The van der Waals surface area contributed by atoms with Gasteiger partial charge < -0.3 is 19.9 Å². The van der Waals surface area contributed by atoms with Crippen LogP contribution in [0.1, 0.15) is 22.2 Å². The summed E-state index contributed by atoms with van der Waals surface area (Å²) in [5.74, 6) is 1.07. The van der Waals surface area contributed by atoms with E-state index in [9.17, 15) is 9.90 Å². The first-order chi connectivity index (χ1) is 12.0. The number of aliphatic hydroxyl groups is 1. The summed E-state index contributed by atoms with van der Waals surface area (Å²) >= 11 is 1.44. The molecule has 0 fully saturated rings. The van der Waals surface area contributed by atoms with Gasteiger partial charge in [0, 0.05) is 4.70 Å². The third-order valence-electron chi connectivity index (χ3n) is 4.24. The lowest BCUT2D eigenvalue weighted by molar-refractivity contribution is 0.0526. The number of carbonyl (C=O) groups is 1. The van der Waals surface area contributed by atoms with Gasteiger partial charge in [0.1, 0.15) is 5.60 Å². The molecule has 128 valence electrons. The van der Waals surface area contributed by atoms with Gasteiger partial charge in [-0.15, -0.1) is 11.3 Å². The maximum atomic E-state index is 12.4. The number of hydrogen-bond donors (Lipinski definition) is 2. The molecule has 0 bridgehead atoms. The van der Waals surface area contributed by atoms with Crippen molar-refractivity contribution in [2.75, 3.05) is 13.3 Å². The van der Waals surface area contributed by atoms with Crippen molar-refractivity contribution in [1.82, 2.24) is 5.32 Å². The predicted octanol–water partition coefficient (Wildman–Crippen LogP) is 3.27. The van der Waals surface area contributed by atoms with Crippen LogP contribution in [0.2, 0.25) is 0 Å². The molecule has 1 unspecified atom stereocenters. The average Bonchev–Trinajstić information content (AvgIpc) is 3.25. The number of hydrogen-bond acceptors (Lipinski definition) is 5. The molecule has 2 N–H and O–H groups in total. The van der Waals surface area contributed by atoms with Gasteiger partial charge in [-0.3, -0.25) is 4.79 Å². The van der Waals surface area contributed by atoms with Crippen molar-refractivity contribution in [2.45, 2.75) is 12.5 Å². The smallest absolute Gasteiger partial charge is 0.261 e. The molecule has 0 saturated carbocycles. The number of thiophene rings is 1. The number of fused-ring (bicyclic) bond motifs is 2. The van der Waals surface area contributed by atoms with E-state index in [2.05, 4.69) is 5.32 Å². The normalized spacial score (nSPS) is 15.1. The van der Waals surface area contributed by atoms with Gasteiger partial charge >= 0.3 is 0 Å². The minimum atomic E-state index is -1.21. The molecule has 2 aromatic carbocycles. The number of carbonyl (C=O) groups excluding carboxylic acids is 1. The number of ether oxygens (including phenoxy) is 2. The summed E-state index contributed by atoms with van der Waals surface area (Å²) in [4.78, 5) is 13.1. The second-order valence-electron chi connectivity index (χ2n) is 6.17. The van der Waals surface area contributed by atoms with Gasteiger partial charge in [0.25, 0.3) is 5.91 Å². The zero-order valence-electron chi connectivity index (χ0n) is 13.6. The molecule has 5 nitrogen and oxygen atoms in total. The van der Waals surface area contributed by atoms with E-state index in [1.54, 1.807) is 25.1 Å². The lowest BCUT2D eigenvalue weighted by Gasteiger charge is -2.24. The molecule has 1 aromatic heterocycles. The van der Waals surface area contributed by atoms with Crippen molar-refractivity contribution in [3.8, 4) is 11.5 Å². The Balaban J connectivity index is 1.48. The molecule has 0 saturated heterocycles. The summed E-state index contributed by atoms with van der Waals surface area (Å²) < 4.78 is 11.7. The Hall–Kier alpha value is -2.57. The highest BCUT2D eigenvalue weighted by Gasteiger charge is 2.27. The fourth-order valence-corrected chi connectivity index (χ4v) is 3.75. The first-order valence-electron chi connectivity index (χ1n) is 7.92. The van der Waals surface area contributed by atoms with E-state index in [0.29, 0.717) is 21.9 Å². The van der Waals surface area contributed by atoms with Gasteiger partial charge in [-0.2, -0.15) is 0 Å². The van der Waals surface area contributed by atoms with Gasteiger partial charge in [0.05, 0.1) is 11.4 Å². The molecule has 0 spiro atoms. The molecule has 1 amide bonds. The number of benzene rings is 2. The van der Waals surface area contributed by atoms with Crippen molar-refractivity contribution in [3.05, 3.63) is 59.0 Å². The van der Waals surface area contributed by atoms with Gasteiger partial charge in [0.2, 0.25) is 6.79 Å². The summed E-state index contributed by atoms with van der Waals surface area (Å²) in [6.07, 6.45) is 0. The van der Waals surface area contributed by atoms with Crippen LogP contribution in [0.15, 0.2) is 48.5 Å². The lowest BCUT2D eigenvalue weighted by atomic mass is 9.95. The zero-order chi connectivity index (χ0) is 17.4. The van der Waals surface area contributed by atoms with Crippen molar-refractivity contribution in [3.63, 3.8) is 0 Å². The first kappa shape index (κ1) is 15.9. The molecule has 25 heavy (non-hydrogen) atoms. The molecule has 0 aliphatic carbocycles. The molecule has 1 atom stereocenters. The minimum absolute atomic E-state index is 0.0969. The number of rotatable bonds is 4. The van der Waals surface area contributed by atoms with Gasteiger partial charge in [0.15, 0.2) is 11.5 Å². The van der Waals surface area contributed by atoms with Crippen LogP contribution in [0.5, 0.6) is 11.5 Å². The van der Waals surface area contributed by atoms with E-state index in [-0.39, 0.29) is 19.2 Å². The van der Waals surface area contributed by atoms with Crippen LogP contribution in [0, 0.1) is 0 Å². The molecule has 3 aromatic rings. The standard InChI is InChI=1S/C19H17NO4S/c1-19(22,13-6-7-14-15(9-13)24-11-23-14)10-20-18(21)17-8-12-4-2-3-5-16(12)25-17/h2-9,22H,10-11H2,1H3,(H,20,21). The number of amides is 1. The third kappa shape index (κ3) is 3.06. The van der Waals surface area contributed by atoms with Crippen molar-refractivity contribution < 1.29 is 19.4 Å². The molecule has 6 heteroatoms. The Morgan fingerprint density at radius 2 is 2.00 bits per heavy atom. The van der Waals surface area contributed by atoms with Crippen molar-refractivity contribution in [2.24, 2.45) is 0 Å². The van der Waals surface area contributed by atoms with E-state index >= 15 is 0 Å². The Kier molecular flexibility index (Phi) is 3.86. The van der Waals surface area contributed by atoms with Crippen LogP contribution in [0.25, 0.3) is 10.1 Å². The third-order valence-corrected chi connectivity index (χ3v) is 5.35. The van der Waals surface area contributed by atoms with E-state index in [1.807, 2.05) is 30.3 Å². The van der Waals surface area contributed by atoms with Gasteiger partial charge in [-0.1, -0.05) is 24.3 Å². The lowest BCUT2D eigenvalue weighted by Crippen LogP contribution is -2.38. The average molecular weight is 355 g/mol. The highest BCUT2D eigenvalue weighted by atomic mass is 32.1. The van der Waals surface area contributed by atoms with Gasteiger partial charge in [-0.25, -0.2) is 0 Å². The Morgan fingerprint density at radius 1 is 1.20 bits per heavy atom. The van der Waals surface area contributed by atoms with Crippen LogP contribution >= 0.6 is 11.3 Å². The predicted molar refractivity (Wildman–Crippen MR) is 96.3 cm³/mol. The molecule has 0 radical (unpaired) electrons. The Labute approximate surface area is 148 Å². The topological polar surface area (TPSA) is 67.8 Å². The SMILES string of the molecule is CC(O)(CNC(=O)c1cc2ccccc2s1)c1ccc2c(c1)OCO2. The zero-order valence-corrected chi connectivity index (χ0v) is 14.4. The van der Waals surface area contributed by atoms with E-state index in [4.69, 9.17) is 9.47 Å². The Morgan fingerprint density at radius 3 is 2.84 bits per heavy atom. The molecular weight excluding hydrogens is 338 g/mol. The van der Waals surface area contributed by atoms with Gasteiger partial charge in [-0.05, 0) is 42.1 Å². The minimum Gasteiger partial charge on any atom is -0.454 e. The van der Waals surface area contributed by atoms with Crippen LogP contribution < -0.4 is 14.8 Å². The molecule has 4 rings (SSSR count). The quantitative estimate of drug-likeness (QED) is 0.754. The highest BCUT2D eigenvalue weighted by Crippen LogP contribution is 2.35. The van der Waals surface area contributed by atoms with Crippen molar-refractivity contribution >= 4 is 27.3 Å². The fraction of sp³-hybridized carbons (Fsp3) is 0.211. The summed E-state index contributed by atoms with van der Waals surface area (Å²) in [6.45, 7) is 1.94.